The van der Waals surface area contributed by atoms with Gasteiger partial charge >= 0.3 is 0 Å². The second kappa shape index (κ2) is 5.93. The molecule has 0 aliphatic heterocycles. The second-order valence-electron chi connectivity index (χ2n) is 3.43. The first-order valence-corrected chi connectivity index (χ1v) is 6.28. The highest BCUT2D eigenvalue weighted by Crippen LogP contribution is 2.21. The largest absolute Gasteiger partial charge is 0.364 e. The van der Waals surface area contributed by atoms with E-state index in [1.807, 2.05) is 7.05 Å². The molecule has 0 amide bonds. The van der Waals surface area contributed by atoms with Crippen LogP contribution in [0.1, 0.15) is 12.6 Å². The zero-order chi connectivity index (χ0) is 13.7. The zero-order valence-corrected chi connectivity index (χ0v) is 11.4. The first kappa shape index (κ1) is 13.0. The Hall–Kier alpha value is -2.46. The molecule has 0 bridgehead atoms. The van der Waals surface area contributed by atoms with Gasteiger partial charge in [-0.25, -0.2) is 9.97 Å². The van der Waals surface area contributed by atoms with E-state index in [2.05, 4.69) is 49.2 Å². The van der Waals surface area contributed by atoms with Crippen LogP contribution in [0.2, 0.25) is 0 Å². The van der Waals surface area contributed by atoms with E-state index < -0.39 is 0 Å². The summed E-state index contributed by atoms with van der Waals surface area (Å²) in [6.45, 7) is 5.29. The second-order valence-corrected chi connectivity index (χ2v) is 4.41. The van der Waals surface area contributed by atoms with Crippen LogP contribution in [0.3, 0.4) is 0 Å². The maximum Gasteiger partial charge on any atom is 0.191 e. The summed E-state index contributed by atoms with van der Waals surface area (Å²) in [5.41, 5.74) is 4.48. The average molecular weight is 272 g/mol. The number of nitrogens with one attached hydrogen (secondary N) is 2. The third kappa shape index (κ3) is 3.26. The Morgan fingerprint density at radius 3 is 3.11 bits per heavy atom. The van der Waals surface area contributed by atoms with Gasteiger partial charge < -0.3 is 5.32 Å². The summed E-state index contributed by atoms with van der Waals surface area (Å²) >= 11 is 1.44. The van der Waals surface area contributed by atoms with E-state index in [-0.39, 0.29) is 0 Å². The van der Waals surface area contributed by atoms with E-state index in [4.69, 9.17) is 0 Å². The first-order chi connectivity index (χ1) is 9.22. The molecule has 19 heavy (non-hydrogen) atoms. The maximum atomic E-state index is 4.38. The highest BCUT2D eigenvalue weighted by Gasteiger charge is 2.04. The minimum absolute atomic E-state index is 0.590. The van der Waals surface area contributed by atoms with Crippen molar-refractivity contribution >= 4 is 32.7 Å². The zero-order valence-electron chi connectivity index (χ0n) is 10.6. The van der Waals surface area contributed by atoms with Crippen LogP contribution in [0.5, 0.6) is 0 Å². The lowest BCUT2D eigenvalue weighted by molar-refractivity contribution is 0.972. The molecule has 0 aromatic carbocycles. The Bertz CT molecular complexity index is 691. The van der Waals surface area contributed by atoms with Crippen molar-refractivity contribution in [3.63, 3.8) is 0 Å². The molecule has 2 rings (SSSR count). The van der Waals surface area contributed by atoms with Crippen molar-refractivity contribution in [1.82, 2.24) is 20.4 Å². The van der Waals surface area contributed by atoms with Gasteiger partial charge in [0, 0.05) is 13.2 Å². The highest BCUT2D eigenvalue weighted by molar-refractivity contribution is 7.21. The number of rotatable bonds is 3. The summed E-state index contributed by atoms with van der Waals surface area (Å²) < 4.78 is 0. The summed E-state index contributed by atoms with van der Waals surface area (Å²) in [5, 5.41) is 7.69. The minimum Gasteiger partial charge on any atom is -0.364 e. The monoisotopic (exact) mass is 272 g/mol. The van der Waals surface area contributed by atoms with E-state index in [0.717, 1.165) is 9.96 Å². The lowest BCUT2D eigenvalue weighted by Gasteiger charge is -1.90. The maximum absolute atomic E-state index is 4.38. The van der Waals surface area contributed by atoms with Crippen molar-refractivity contribution in [1.29, 1.82) is 0 Å². The molecule has 0 fully saturated rings. The molecule has 2 heterocycles. The predicted octanol–water partition coefficient (Wildman–Crippen LogP) is 1.59. The smallest absolute Gasteiger partial charge is 0.191 e. The fraction of sp³-hybridized carbons (Fsp3) is 0.167. The summed E-state index contributed by atoms with van der Waals surface area (Å²) in [4.78, 5) is 13.6. The van der Waals surface area contributed by atoms with Gasteiger partial charge in [0.1, 0.15) is 11.4 Å². The van der Waals surface area contributed by atoms with Gasteiger partial charge in [0.05, 0.1) is 6.20 Å². The number of thiazole rings is 1. The van der Waals surface area contributed by atoms with Crippen LogP contribution in [-0.4, -0.2) is 27.7 Å². The summed E-state index contributed by atoms with van der Waals surface area (Å²) in [5.74, 6) is 5.78. The van der Waals surface area contributed by atoms with Crippen molar-refractivity contribution in [2.45, 2.75) is 6.92 Å². The SMILES string of the molecule is C=CN/N=C(\C)C#Cc1cnc2nc(NC)sc2n1. The third-order valence-corrected chi connectivity index (χ3v) is 2.99. The number of fused-ring (bicyclic) bond motifs is 1. The number of hydrogen-bond acceptors (Lipinski definition) is 7. The van der Waals surface area contributed by atoms with Gasteiger partial charge in [-0.05, 0) is 18.8 Å². The highest BCUT2D eigenvalue weighted by atomic mass is 32.1. The predicted molar refractivity (Wildman–Crippen MR) is 78.1 cm³/mol. The molecular formula is C12H12N6S. The minimum atomic E-state index is 0.590. The van der Waals surface area contributed by atoms with Crippen molar-refractivity contribution in [3.05, 3.63) is 24.7 Å². The number of anilines is 1. The molecule has 0 aliphatic rings. The van der Waals surface area contributed by atoms with E-state index in [1.165, 1.54) is 17.5 Å². The van der Waals surface area contributed by atoms with E-state index in [1.54, 1.807) is 13.1 Å². The molecule has 7 heteroatoms. The normalized spacial score (nSPS) is 10.7. The van der Waals surface area contributed by atoms with Gasteiger partial charge in [0.25, 0.3) is 0 Å². The molecule has 0 atom stereocenters. The van der Waals surface area contributed by atoms with Gasteiger partial charge in [-0.15, -0.1) is 0 Å². The van der Waals surface area contributed by atoms with E-state index in [9.17, 15) is 0 Å². The van der Waals surface area contributed by atoms with Gasteiger partial charge in [-0.1, -0.05) is 17.9 Å². The molecule has 0 unspecified atom stereocenters. The van der Waals surface area contributed by atoms with Crippen LogP contribution < -0.4 is 10.7 Å². The first-order valence-electron chi connectivity index (χ1n) is 5.47. The third-order valence-electron chi connectivity index (χ3n) is 2.03. The standard InChI is InChI=1S/C12H12N6S/c1-4-15-18-8(2)5-6-9-7-14-10-11(16-9)19-12(13-3)17-10/h4,7,15H,1H2,2-3H3,(H,13,14,17)/b18-8+. The molecule has 0 radical (unpaired) electrons. The van der Waals surface area contributed by atoms with Crippen LogP contribution in [0.15, 0.2) is 24.1 Å². The molecule has 6 nitrogen and oxygen atoms in total. The van der Waals surface area contributed by atoms with Gasteiger partial charge in [-0.3, -0.25) is 5.43 Å². The fourth-order valence-corrected chi connectivity index (χ4v) is 1.96. The van der Waals surface area contributed by atoms with Crippen LogP contribution in [-0.2, 0) is 0 Å². The van der Waals surface area contributed by atoms with Crippen molar-refractivity contribution in [2.75, 3.05) is 12.4 Å². The van der Waals surface area contributed by atoms with Crippen molar-refractivity contribution in [2.24, 2.45) is 5.10 Å². The van der Waals surface area contributed by atoms with Crippen molar-refractivity contribution in [3.8, 4) is 11.8 Å². The van der Waals surface area contributed by atoms with Crippen LogP contribution in [0.25, 0.3) is 10.5 Å². The van der Waals surface area contributed by atoms with Crippen LogP contribution >= 0.6 is 11.3 Å². The Labute approximate surface area is 114 Å². The van der Waals surface area contributed by atoms with Gasteiger partial charge in [0.15, 0.2) is 15.6 Å². The molecule has 2 aromatic rings. The summed E-state index contributed by atoms with van der Waals surface area (Å²) in [6, 6.07) is 0. The van der Waals surface area contributed by atoms with Crippen LogP contribution in [0, 0.1) is 11.8 Å². The molecule has 0 aliphatic carbocycles. The Kier molecular flexibility index (Phi) is 4.05. The molecule has 0 spiro atoms. The number of hydrogen-bond donors (Lipinski definition) is 2. The average Bonchev–Trinajstić information content (AvgIpc) is 2.85. The summed E-state index contributed by atoms with van der Waals surface area (Å²) in [7, 11) is 1.81. The van der Waals surface area contributed by atoms with E-state index >= 15 is 0 Å². The van der Waals surface area contributed by atoms with Crippen LogP contribution in [0.4, 0.5) is 5.13 Å². The lowest BCUT2D eigenvalue weighted by atomic mass is 10.4. The summed E-state index contributed by atoms with van der Waals surface area (Å²) in [6.07, 6.45) is 3.08. The topological polar surface area (TPSA) is 75.1 Å². The van der Waals surface area contributed by atoms with E-state index in [0.29, 0.717) is 17.1 Å². The molecule has 0 saturated carbocycles. The Balaban J connectivity index is 2.26. The Morgan fingerprint density at radius 1 is 1.53 bits per heavy atom. The fourth-order valence-electron chi connectivity index (χ4n) is 1.21. The van der Waals surface area contributed by atoms with Gasteiger partial charge in [-0.2, -0.15) is 10.1 Å². The van der Waals surface area contributed by atoms with Gasteiger partial charge in [0.2, 0.25) is 0 Å². The molecule has 0 saturated heterocycles. The quantitative estimate of drug-likeness (QED) is 0.504. The number of nitrogens with zero attached hydrogens (tertiary/aromatic N) is 4. The molecule has 96 valence electrons. The number of aromatic nitrogens is 3. The van der Waals surface area contributed by atoms with Crippen molar-refractivity contribution < 1.29 is 0 Å². The number of hydrazone groups is 1. The molecule has 2 N–H and O–H groups in total. The molecular weight excluding hydrogens is 260 g/mol. The molecule has 2 aromatic heterocycles. The lowest BCUT2D eigenvalue weighted by Crippen LogP contribution is -1.97. The Morgan fingerprint density at radius 2 is 2.37 bits per heavy atom.